The van der Waals surface area contributed by atoms with Gasteiger partial charge in [-0.3, -0.25) is 9.52 Å². The first-order chi connectivity index (χ1) is 19.7. The van der Waals surface area contributed by atoms with E-state index >= 15 is 0 Å². The second-order valence-electron chi connectivity index (χ2n) is 9.91. The Hall–Kier alpha value is -3.23. The van der Waals surface area contributed by atoms with E-state index < -0.39 is 17.7 Å². The Labute approximate surface area is 238 Å². The molecule has 0 amide bonds. The van der Waals surface area contributed by atoms with Gasteiger partial charge in [0.05, 0.1) is 49.2 Å². The molecule has 2 saturated heterocycles. The highest BCUT2D eigenvalue weighted by Gasteiger charge is 2.41. The molecule has 1 aromatic carbocycles. The molecular weight excluding hydrogens is 566 g/mol. The molecule has 2 aliphatic rings. The Balaban J connectivity index is 1.19. The number of ether oxygens (including phenoxy) is 2. The highest BCUT2D eigenvalue weighted by molar-refractivity contribution is 7.11. The molecule has 5 rings (SSSR count). The molecule has 9 nitrogen and oxygen atoms in total. The van der Waals surface area contributed by atoms with Crippen LogP contribution in [0.4, 0.5) is 23.2 Å². The average molecular weight is 598 g/mol. The summed E-state index contributed by atoms with van der Waals surface area (Å²) in [6.45, 7) is 3.40. The average Bonchev–Trinajstić information content (AvgIpc) is 3.69. The first-order valence-corrected chi connectivity index (χ1v) is 14.2. The normalized spacial score (nSPS) is 18.7. The third kappa shape index (κ3) is 6.33. The summed E-state index contributed by atoms with van der Waals surface area (Å²) in [6.07, 6.45) is -0.151. The number of hydrogen-bond acceptors (Lipinski definition) is 9. The van der Waals surface area contributed by atoms with Crippen LogP contribution in [0.1, 0.15) is 52.5 Å². The highest BCUT2D eigenvalue weighted by Crippen LogP contribution is 2.42. The smallest absolute Gasteiger partial charge is 0.437 e. The maximum absolute atomic E-state index is 14.2. The van der Waals surface area contributed by atoms with Crippen LogP contribution < -0.4 is 14.4 Å². The van der Waals surface area contributed by atoms with Crippen molar-refractivity contribution in [2.75, 3.05) is 44.9 Å². The Morgan fingerprint density at radius 2 is 2.00 bits per heavy atom. The molecule has 0 spiro atoms. The molecule has 0 radical (unpaired) electrons. The Kier molecular flexibility index (Phi) is 8.80. The predicted octanol–water partition coefficient (Wildman–Crippen LogP) is 5.15. The van der Waals surface area contributed by atoms with Crippen molar-refractivity contribution in [1.29, 1.82) is 0 Å². The number of hydrogen-bond donors (Lipinski definition) is 0. The zero-order chi connectivity index (χ0) is 29.1. The minimum absolute atomic E-state index is 0.00805. The first kappa shape index (κ1) is 29.3. The number of rotatable bonds is 10. The van der Waals surface area contributed by atoms with E-state index in [2.05, 4.69) is 10.1 Å². The van der Waals surface area contributed by atoms with Gasteiger partial charge in [0.1, 0.15) is 18.6 Å². The van der Waals surface area contributed by atoms with Gasteiger partial charge in [0, 0.05) is 36.1 Å². The van der Waals surface area contributed by atoms with Gasteiger partial charge < -0.3 is 19.2 Å². The van der Waals surface area contributed by atoms with E-state index in [-0.39, 0.29) is 36.5 Å². The number of nitrogens with zero attached hydrogens (tertiary/aromatic N) is 5. The quantitative estimate of drug-likeness (QED) is 0.234. The molecular formula is C27H31F4N5O4S. The molecule has 3 aromatic rings. The van der Waals surface area contributed by atoms with Crippen molar-refractivity contribution in [3.05, 3.63) is 51.5 Å². The maximum Gasteiger partial charge on any atom is 0.437 e. The van der Waals surface area contributed by atoms with Crippen LogP contribution in [0.5, 0.6) is 11.5 Å². The number of carbonyl (C=O) groups is 1. The van der Waals surface area contributed by atoms with Crippen LogP contribution in [-0.4, -0.2) is 66.1 Å². The number of benzene rings is 1. The lowest BCUT2D eigenvalue weighted by Crippen LogP contribution is -2.34. The lowest BCUT2D eigenvalue weighted by atomic mass is 9.97. The number of alkyl halides is 3. The zero-order valence-electron chi connectivity index (χ0n) is 22.7. The lowest BCUT2D eigenvalue weighted by molar-refractivity contribution is -0.141. The second kappa shape index (κ2) is 12.3. The van der Waals surface area contributed by atoms with E-state index in [0.717, 1.165) is 21.0 Å². The number of anilines is 1. The van der Waals surface area contributed by atoms with Gasteiger partial charge in [0.15, 0.2) is 17.3 Å². The van der Waals surface area contributed by atoms with E-state index in [1.807, 2.05) is 11.3 Å². The Morgan fingerprint density at radius 3 is 2.68 bits per heavy atom. The molecule has 0 N–H and O–H groups in total. The number of hydroxylamine groups is 2. The number of piperidine rings is 1. The second-order valence-corrected chi connectivity index (χ2v) is 11.0. The largest absolute Gasteiger partial charge is 0.497 e. The molecule has 2 aromatic heterocycles. The summed E-state index contributed by atoms with van der Waals surface area (Å²) in [5.74, 6) is 0.181. The van der Waals surface area contributed by atoms with Gasteiger partial charge >= 0.3 is 6.18 Å². The van der Waals surface area contributed by atoms with Gasteiger partial charge in [-0.15, -0.1) is 11.3 Å². The van der Waals surface area contributed by atoms with Gasteiger partial charge in [-0.25, -0.2) is 9.37 Å². The zero-order valence-corrected chi connectivity index (χ0v) is 23.5. The number of aromatic nitrogens is 3. The maximum atomic E-state index is 14.2. The van der Waals surface area contributed by atoms with Gasteiger partial charge in [-0.1, -0.05) is 0 Å². The molecule has 0 saturated carbocycles. The summed E-state index contributed by atoms with van der Waals surface area (Å²) in [7, 11) is 1.47. The summed E-state index contributed by atoms with van der Waals surface area (Å²) >= 11 is 1.59. The summed E-state index contributed by atoms with van der Waals surface area (Å²) < 4.78 is 67.1. The first-order valence-electron chi connectivity index (χ1n) is 13.3. The van der Waals surface area contributed by atoms with E-state index in [9.17, 15) is 22.4 Å². The topological polar surface area (TPSA) is 82.0 Å². The van der Waals surface area contributed by atoms with E-state index in [1.165, 1.54) is 19.2 Å². The van der Waals surface area contributed by atoms with Crippen LogP contribution in [0.25, 0.3) is 0 Å². The summed E-state index contributed by atoms with van der Waals surface area (Å²) in [6, 6.07) is 4.42. The highest BCUT2D eigenvalue weighted by atomic mass is 32.1. The van der Waals surface area contributed by atoms with Crippen LogP contribution in [0, 0.1) is 12.7 Å². The third-order valence-electron chi connectivity index (χ3n) is 7.43. The fraction of sp³-hybridized carbons (Fsp3) is 0.519. The molecule has 2 aliphatic heterocycles. The Bertz CT molecular complexity index is 1360. The third-order valence-corrected chi connectivity index (χ3v) is 8.69. The molecule has 222 valence electrons. The van der Waals surface area contributed by atoms with Crippen molar-refractivity contribution in [1.82, 2.24) is 19.8 Å². The standard InChI is InChI=1S/C27H31F4N5O4S/c1-17-24(25(27(29,30)31)33-35(17)10-12-37)34-8-5-18(6-9-34)26-32-16-23(41-26)21-7-13-40-36(21)11-14-39-22-4-3-19(38-2)15-20(22)28/h3-4,12,15-16,18,21H,5-11,13-14H2,1-2H3. The predicted molar refractivity (Wildman–Crippen MR) is 143 cm³/mol. The number of methoxy groups -OCH3 is 1. The van der Waals surface area contributed by atoms with Crippen LogP contribution in [-0.2, 0) is 22.4 Å². The summed E-state index contributed by atoms with van der Waals surface area (Å²) in [5.41, 5.74) is -0.570. The van der Waals surface area contributed by atoms with E-state index in [0.29, 0.717) is 56.8 Å². The lowest BCUT2D eigenvalue weighted by Gasteiger charge is -2.33. The minimum atomic E-state index is -4.61. The van der Waals surface area contributed by atoms with E-state index in [1.54, 1.807) is 29.2 Å². The Morgan fingerprint density at radius 1 is 1.22 bits per heavy atom. The van der Waals surface area contributed by atoms with E-state index in [4.69, 9.17) is 14.3 Å². The van der Waals surface area contributed by atoms with Crippen molar-refractivity contribution in [2.24, 2.45) is 0 Å². The van der Waals surface area contributed by atoms with Gasteiger partial charge in [0.2, 0.25) is 0 Å². The van der Waals surface area contributed by atoms with Crippen molar-refractivity contribution >= 4 is 23.3 Å². The van der Waals surface area contributed by atoms with Gasteiger partial charge in [0.25, 0.3) is 0 Å². The molecule has 14 heteroatoms. The number of carbonyl (C=O) groups excluding carboxylic acids is 1. The van der Waals surface area contributed by atoms with Crippen LogP contribution in [0.15, 0.2) is 24.4 Å². The number of halogens is 4. The monoisotopic (exact) mass is 597 g/mol. The van der Waals surface area contributed by atoms with Crippen molar-refractivity contribution < 1.29 is 36.7 Å². The SMILES string of the molecule is COc1ccc(OCCN2OCCC2c2cnc(C3CCN(c4c(C(F)(F)F)nn(CC=O)c4C)CC3)s2)c(F)c1. The molecule has 0 aliphatic carbocycles. The molecule has 2 fully saturated rings. The van der Waals surface area contributed by atoms with Gasteiger partial charge in [-0.05, 0) is 38.3 Å². The summed E-state index contributed by atoms with van der Waals surface area (Å²) in [5, 5.41) is 6.47. The number of aldehydes is 1. The van der Waals surface area contributed by atoms with Crippen molar-refractivity contribution in [3.8, 4) is 11.5 Å². The molecule has 4 heterocycles. The van der Waals surface area contributed by atoms with Crippen LogP contribution in [0.3, 0.4) is 0 Å². The van der Waals surface area contributed by atoms with Crippen LogP contribution >= 0.6 is 11.3 Å². The fourth-order valence-corrected chi connectivity index (χ4v) is 6.57. The van der Waals surface area contributed by atoms with Crippen molar-refractivity contribution in [3.63, 3.8) is 0 Å². The van der Waals surface area contributed by atoms with Gasteiger partial charge in [-0.2, -0.15) is 23.3 Å². The molecule has 41 heavy (non-hydrogen) atoms. The molecule has 0 bridgehead atoms. The van der Waals surface area contributed by atoms with Crippen molar-refractivity contribution in [2.45, 2.75) is 50.9 Å². The van der Waals surface area contributed by atoms with Crippen LogP contribution in [0.2, 0.25) is 0 Å². The fourth-order valence-electron chi connectivity index (χ4n) is 5.34. The molecule has 1 atom stereocenters. The minimum Gasteiger partial charge on any atom is -0.497 e. The molecule has 1 unspecified atom stereocenters. The summed E-state index contributed by atoms with van der Waals surface area (Å²) in [4.78, 5) is 24.2. The number of thiazole rings is 1.